The first-order valence-corrected chi connectivity index (χ1v) is 10.3. The number of hydrogen-bond donors (Lipinski definition) is 3. The number of methoxy groups -OCH3 is 1. The lowest BCUT2D eigenvalue weighted by Gasteiger charge is -2.36. The topological polar surface area (TPSA) is 93.2 Å². The Bertz CT molecular complexity index is 485. The van der Waals surface area contributed by atoms with Gasteiger partial charge in [0.05, 0.1) is 5.60 Å². The smallest absolute Gasteiger partial charge is 0.407 e. The standard InChI is InChI=1S/C20H40N4O4/c1-7-8-9-16(14-22-18(25)28-19(2,3)4)24-17(21-5)23-15-20(26-6)10-12-27-13-11-20/h16H,7-15H2,1-6H3,(H,22,25)(H2,21,23,24). The molecule has 1 aliphatic rings. The van der Waals surface area contributed by atoms with Crippen molar-refractivity contribution in [1.29, 1.82) is 0 Å². The molecule has 0 aromatic carbocycles. The second-order valence-electron chi connectivity index (χ2n) is 8.29. The number of guanidine groups is 1. The Morgan fingerprint density at radius 2 is 1.93 bits per heavy atom. The first kappa shape index (κ1) is 24.5. The van der Waals surface area contributed by atoms with Crippen LogP contribution in [0.5, 0.6) is 0 Å². The van der Waals surface area contributed by atoms with Crippen LogP contribution in [0.3, 0.4) is 0 Å². The lowest BCUT2D eigenvalue weighted by atomic mass is 9.94. The van der Waals surface area contributed by atoms with E-state index >= 15 is 0 Å². The molecule has 0 aromatic rings. The molecule has 1 rings (SSSR count). The van der Waals surface area contributed by atoms with Gasteiger partial charge in [-0.3, -0.25) is 4.99 Å². The van der Waals surface area contributed by atoms with Gasteiger partial charge in [0.25, 0.3) is 0 Å². The molecule has 1 aliphatic heterocycles. The molecule has 0 radical (unpaired) electrons. The minimum Gasteiger partial charge on any atom is -0.444 e. The van der Waals surface area contributed by atoms with E-state index in [2.05, 4.69) is 27.9 Å². The number of ether oxygens (including phenoxy) is 3. The average molecular weight is 401 g/mol. The SMILES string of the molecule is CCCCC(CNC(=O)OC(C)(C)C)NC(=NC)NCC1(OC)CCOCC1. The van der Waals surface area contributed by atoms with Gasteiger partial charge in [-0.2, -0.15) is 0 Å². The summed E-state index contributed by atoms with van der Waals surface area (Å²) in [5, 5.41) is 9.65. The van der Waals surface area contributed by atoms with Crippen molar-refractivity contribution in [3.8, 4) is 0 Å². The fourth-order valence-corrected chi connectivity index (χ4v) is 3.03. The zero-order chi connectivity index (χ0) is 21.0. The summed E-state index contributed by atoms with van der Waals surface area (Å²) >= 11 is 0. The van der Waals surface area contributed by atoms with Crippen molar-refractivity contribution >= 4 is 12.1 Å². The monoisotopic (exact) mass is 400 g/mol. The molecular formula is C20H40N4O4. The van der Waals surface area contributed by atoms with Crippen LogP contribution in [0.2, 0.25) is 0 Å². The highest BCUT2D eigenvalue weighted by molar-refractivity contribution is 5.80. The van der Waals surface area contributed by atoms with Crippen LogP contribution in [0.1, 0.15) is 59.8 Å². The maximum atomic E-state index is 12.0. The first-order valence-electron chi connectivity index (χ1n) is 10.3. The Morgan fingerprint density at radius 3 is 2.46 bits per heavy atom. The molecule has 164 valence electrons. The van der Waals surface area contributed by atoms with Crippen molar-refractivity contribution in [2.45, 2.75) is 77.0 Å². The molecule has 0 bridgehead atoms. The van der Waals surface area contributed by atoms with E-state index in [-0.39, 0.29) is 11.6 Å². The van der Waals surface area contributed by atoms with E-state index in [1.165, 1.54) is 0 Å². The summed E-state index contributed by atoms with van der Waals surface area (Å²) in [5.41, 5.74) is -0.740. The molecule has 3 N–H and O–H groups in total. The lowest BCUT2D eigenvalue weighted by Crippen LogP contribution is -2.54. The molecule has 8 heteroatoms. The highest BCUT2D eigenvalue weighted by Crippen LogP contribution is 2.23. The van der Waals surface area contributed by atoms with Gasteiger partial charge in [0.1, 0.15) is 5.60 Å². The molecule has 1 atom stereocenters. The van der Waals surface area contributed by atoms with Crippen LogP contribution in [0, 0.1) is 0 Å². The van der Waals surface area contributed by atoms with Gasteiger partial charge in [-0.05, 0) is 27.2 Å². The van der Waals surface area contributed by atoms with Crippen molar-refractivity contribution in [3.63, 3.8) is 0 Å². The van der Waals surface area contributed by atoms with Gasteiger partial charge >= 0.3 is 6.09 Å². The van der Waals surface area contributed by atoms with E-state index in [0.29, 0.717) is 32.3 Å². The summed E-state index contributed by atoms with van der Waals surface area (Å²) in [6.07, 6.45) is 4.38. The minimum atomic E-state index is -0.508. The number of carbonyl (C=O) groups is 1. The van der Waals surface area contributed by atoms with Crippen LogP contribution in [0.25, 0.3) is 0 Å². The number of carbonyl (C=O) groups excluding carboxylic acids is 1. The maximum Gasteiger partial charge on any atom is 0.407 e. The molecule has 0 aliphatic carbocycles. The molecule has 28 heavy (non-hydrogen) atoms. The Balaban J connectivity index is 2.57. The largest absolute Gasteiger partial charge is 0.444 e. The normalized spacial score (nSPS) is 18.3. The number of aliphatic imine (C=N–C) groups is 1. The van der Waals surface area contributed by atoms with Gasteiger partial charge in [-0.25, -0.2) is 4.79 Å². The summed E-state index contributed by atoms with van der Waals surface area (Å²) < 4.78 is 16.5. The van der Waals surface area contributed by atoms with Crippen molar-refractivity contribution in [2.75, 3.05) is 40.5 Å². The van der Waals surface area contributed by atoms with Crippen molar-refractivity contribution in [3.05, 3.63) is 0 Å². The van der Waals surface area contributed by atoms with Gasteiger partial charge in [-0.1, -0.05) is 19.8 Å². The third-order valence-corrected chi connectivity index (χ3v) is 4.78. The second-order valence-corrected chi connectivity index (χ2v) is 8.29. The molecule has 0 aromatic heterocycles. The van der Waals surface area contributed by atoms with Crippen LogP contribution in [-0.2, 0) is 14.2 Å². The van der Waals surface area contributed by atoms with E-state index in [4.69, 9.17) is 14.2 Å². The van der Waals surface area contributed by atoms with Crippen LogP contribution < -0.4 is 16.0 Å². The summed E-state index contributed by atoms with van der Waals surface area (Å²) in [6.45, 7) is 10.3. The Labute approximate surface area is 170 Å². The van der Waals surface area contributed by atoms with Gasteiger partial charge in [0, 0.05) is 59.3 Å². The average Bonchev–Trinajstić information content (AvgIpc) is 2.66. The molecular weight excluding hydrogens is 360 g/mol. The molecule has 1 amide bonds. The molecule has 0 saturated carbocycles. The summed E-state index contributed by atoms with van der Waals surface area (Å²) in [6, 6.07) is 0.0619. The zero-order valence-electron chi connectivity index (χ0n) is 18.5. The van der Waals surface area contributed by atoms with Gasteiger partial charge < -0.3 is 30.2 Å². The van der Waals surface area contributed by atoms with Crippen LogP contribution >= 0.6 is 0 Å². The zero-order valence-corrected chi connectivity index (χ0v) is 18.5. The number of nitrogens with one attached hydrogen (secondary N) is 3. The van der Waals surface area contributed by atoms with Crippen LogP contribution in [0.4, 0.5) is 4.79 Å². The molecule has 1 fully saturated rings. The van der Waals surface area contributed by atoms with Crippen molar-refractivity contribution in [2.24, 2.45) is 4.99 Å². The Hall–Kier alpha value is -1.54. The minimum absolute atomic E-state index is 0.0619. The second kappa shape index (κ2) is 12.1. The van der Waals surface area contributed by atoms with E-state index in [1.807, 2.05) is 20.8 Å². The van der Waals surface area contributed by atoms with Gasteiger partial charge in [0.15, 0.2) is 5.96 Å². The van der Waals surface area contributed by atoms with E-state index < -0.39 is 11.7 Å². The maximum absolute atomic E-state index is 12.0. The molecule has 0 spiro atoms. The highest BCUT2D eigenvalue weighted by atomic mass is 16.6. The van der Waals surface area contributed by atoms with E-state index in [0.717, 1.165) is 32.1 Å². The number of rotatable bonds is 9. The number of unbranched alkanes of at least 4 members (excludes halogenated alkanes) is 1. The number of nitrogens with zero attached hydrogens (tertiary/aromatic N) is 1. The highest BCUT2D eigenvalue weighted by Gasteiger charge is 2.32. The number of amides is 1. The third kappa shape index (κ3) is 9.59. The Morgan fingerprint density at radius 1 is 1.25 bits per heavy atom. The lowest BCUT2D eigenvalue weighted by molar-refractivity contribution is -0.0855. The molecule has 8 nitrogen and oxygen atoms in total. The van der Waals surface area contributed by atoms with E-state index in [9.17, 15) is 4.79 Å². The fraction of sp³-hybridized carbons (Fsp3) is 0.900. The molecule has 1 heterocycles. The predicted octanol–water partition coefficient (Wildman–Crippen LogP) is 2.43. The quantitative estimate of drug-likeness (QED) is 0.407. The van der Waals surface area contributed by atoms with Crippen LogP contribution in [-0.4, -0.2) is 69.8 Å². The summed E-state index contributed by atoms with van der Waals surface area (Å²) in [4.78, 5) is 16.3. The van der Waals surface area contributed by atoms with Gasteiger partial charge in [0.2, 0.25) is 0 Å². The van der Waals surface area contributed by atoms with Crippen LogP contribution in [0.15, 0.2) is 4.99 Å². The third-order valence-electron chi connectivity index (χ3n) is 4.78. The molecule has 1 unspecified atom stereocenters. The van der Waals surface area contributed by atoms with Crippen molar-refractivity contribution < 1.29 is 19.0 Å². The Kier molecular flexibility index (Phi) is 10.6. The number of alkyl carbamates (subject to hydrolysis) is 1. The van der Waals surface area contributed by atoms with E-state index in [1.54, 1.807) is 14.2 Å². The summed E-state index contributed by atoms with van der Waals surface area (Å²) in [5.74, 6) is 0.704. The molecule has 1 saturated heterocycles. The first-order chi connectivity index (χ1) is 13.2. The summed E-state index contributed by atoms with van der Waals surface area (Å²) in [7, 11) is 3.50. The van der Waals surface area contributed by atoms with Crippen molar-refractivity contribution in [1.82, 2.24) is 16.0 Å². The predicted molar refractivity (Wildman–Crippen MR) is 112 cm³/mol. The fourth-order valence-electron chi connectivity index (χ4n) is 3.03. The number of hydrogen-bond acceptors (Lipinski definition) is 5. The van der Waals surface area contributed by atoms with Gasteiger partial charge in [-0.15, -0.1) is 0 Å².